The van der Waals surface area contributed by atoms with E-state index >= 15 is 0 Å². The summed E-state index contributed by atoms with van der Waals surface area (Å²) in [7, 11) is -1.31. The Balaban J connectivity index is 4.52. The molecule has 0 bridgehead atoms. The summed E-state index contributed by atoms with van der Waals surface area (Å²) in [4.78, 5) is 0. The highest BCUT2D eigenvalue weighted by molar-refractivity contribution is 6.81. The monoisotopic (exact) mass is 204 g/mol. The minimum Gasteiger partial charge on any atom is -0.394 e. The van der Waals surface area contributed by atoms with Crippen molar-refractivity contribution in [3.05, 3.63) is 0 Å². The highest BCUT2D eigenvalue weighted by Gasteiger charge is 2.36. The summed E-state index contributed by atoms with van der Waals surface area (Å²) < 4.78 is 0. The molecule has 0 spiro atoms. The van der Waals surface area contributed by atoms with Gasteiger partial charge in [0, 0.05) is 0 Å². The van der Waals surface area contributed by atoms with Crippen molar-refractivity contribution in [1.29, 1.82) is 0 Å². The zero-order valence-corrected chi connectivity index (χ0v) is 10.4. The van der Waals surface area contributed by atoms with Gasteiger partial charge in [-0.1, -0.05) is 45.8 Å². The molecular weight excluding hydrogens is 180 g/mol. The minimum absolute atomic E-state index is 0.0874. The predicted octanol–water partition coefficient (Wildman–Crippen LogP) is 2.24. The third-order valence-electron chi connectivity index (χ3n) is 3.84. The van der Waals surface area contributed by atoms with Crippen molar-refractivity contribution in [1.82, 2.24) is 0 Å². The average Bonchev–Trinajstić information content (AvgIpc) is 2.20. The lowest BCUT2D eigenvalue weighted by Crippen LogP contribution is -2.42. The van der Waals surface area contributed by atoms with Crippen molar-refractivity contribution >= 4 is 8.07 Å². The first-order valence-electron chi connectivity index (χ1n) is 5.36. The molecule has 0 radical (unpaired) electrons. The van der Waals surface area contributed by atoms with Crippen LogP contribution >= 0.6 is 0 Å². The summed E-state index contributed by atoms with van der Waals surface area (Å²) in [6, 6.07) is 3.62. The quantitative estimate of drug-likeness (QED) is 0.651. The summed E-state index contributed by atoms with van der Waals surface area (Å²) >= 11 is 0. The molecule has 0 aliphatic rings. The molecule has 13 heavy (non-hydrogen) atoms. The Labute approximate surface area is 83.0 Å². The van der Waals surface area contributed by atoms with Gasteiger partial charge in [0.25, 0.3) is 0 Å². The van der Waals surface area contributed by atoms with Gasteiger partial charge in [0.2, 0.25) is 0 Å². The smallest absolute Gasteiger partial charge is 0.0773 e. The zero-order chi connectivity index (χ0) is 10.5. The maximum Gasteiger partial charge on any atom is 0.0773 e. The van der Waals surface area contributed by atoms with Gasteiger partial charge < -0.3 is 10.2 Å². The molecule has 2 nitrogen and oxygen atoms in total. The average molecular weight is 204 g/mol. The second-order valence-corrected chi connectivity index (χ2v) is 9.72. The molecule has 0 aliphatic heterocycles. The summed E-state index contributed by atoms with van der Waals surface area (Å²) in [5, 5.41) is 18.6. The van der Waals surface area contributed by atoms with Crippen molar-refractivity contribution in [2.24, 2.45) is 0 Å². The summed E-state index contributed by atoms with van der Waals surface area (Å²) in [5.41, 5.74) is 0.317. The molecule has 0 unspecified atom stereocenters. The van der Waals surface area contributed by atoms with Crippen molar-refractivity contribution in [3.63, 3.8) is 0 Å². The number of aliphatic hydroxyl groups excluding tert-OH is 2. The second kappa shape index (κ2) is 5.78. The van der Waals surface area contributed by atoms with Gasteiger partial charge >= 0.3 is 0 Å². The van der Waals surface area contributed by atoms with Crippen molar-refractivity contribution in [2.45, 2.75) is 57.5 Å². The van der Waals surface area contributed by atoms with Gasteiger partial charge in [-0.05, 0) is 5.54 Å². The van der Waals surface area contributed by atoms with Gasteiger partial charge in [0.15, 0.2) is 0 Å². The van der Waals surface area contributed by atoms with Gasteiger partial charge in [0.1, 0.15) is 0 Å². The molecule has 0 fully saturated rings. The first kappa shape index (κ1) is 13.1. The van der Waals surface area contributed by atoms with Crippen LogP contribution in [-0.4, -0.2) is 31.0 Å². The van der Waals surface area contributed by atoms with E-state index in [0.29, 0.717) is 5.54 Å². The molecule has 3 heteroatoms. The lowest BCUT2D eigenvalue weighted by atomic mass is 10.3. The van der Waals surface area contributed by atoms with E-state index in [-0.39, 0.29) is 6.61 Å². The van der Waals surface area contributed by atoms with Crippen molar-refractivity contribution in [3.8, 4) is 0 Å². The maximum absolute atomic E-state index is 9.64. The third kappa shape index (κ3) is 2.79. The fourth-order valence-electron chi connectivity index (χ4n) is 2.28. The van der Waals surface area contributed by atoms with E-state index in [1.807, 2.05) is 0 Å². The summed E-state index contributed by atoms with van der Waals surface area (Å²) in [6.07, 6.45) is -0.508. The topological polar surface area (TPSA) is 40.5 Å². The highest BCUT2D eigenvalue weighted by Crippen LogP contribution is 2.35. The molecule has 0 heterocycles. The predicted molar refractivity (Wildman–Crippen MR) is 59.7 cm³/mol. The van der Waals surface area contributed by atoms with E-state index in [9.17, 15) is 5.11 Å². The Kier molecular flexibility index (Phi) is 5.84. The fraction of sp³-hybridized carbons (Fsp3) is 1.00. The molecule has 0 amide bonds. The second-order valence-electron chi connectivity index (χ2n) is 3.96. The maximum atomic E-state index is 9.64. The van der Waals surface area contributed by atoms with Crippen LogP contribution in [0.4, 0.5) is 0 Å². The third-order valence-corrected chi connectivity index (χ3v) is 10.4. The van der Waals surface area contributed by atoms with Gasteiger partial charge in [0.05, 0.1) is 20.8 Å². The van der Waals surface area contributed by atoms with Crippen LogP contribution in [0.2, 0.25) is 23.7 Å². The summed E-state index contributed by atoms with van der Waals surface area (Å²) in [6.45, 7) is 8.68. The van der Waals surface area contributed by atoms with E-state index in [0.717, 1.165) is 0 Å². The largest absolute Gasteiger partial charge is 0.394 e. The van der Waals surface area contributed by atoms with Crippen LogP contribution in [-0.2, 0) is 0 Å². The van der Waals surface area contributed by atoms with Crippen LogP contribution in [0.3, 0.4) is 0 Å². The van der Waals surface area contributed by atoms with Crippen molar-refractivity contribution < 1.29 is 10.2 Å². The molecule has 0 saturated carbocycles. The Morgan fingerprint density at radius 3 is 1.69 bits per heavy atom. The lowest BCUT2D eigenvalue weighted by Gasteiger charge is -2.37. The first-order valence-corrected chi connectivity index (χ1v) is 8.06. The van der Waals surface area contributed by atoms with Gasteiger partial charge in [-0.3, -0.25) is 0 Å². The SMILES string of the molecule is CC[Si](CC)(CC)[C@@H](C)[C@@H](O)CO. The molecule has 0 aromatic carbocycles. The number of hydrogen-bond donors (Lipinski definition) is 2. The summed E-state index contributed by atoms with van der Waals surface area (Å²) in [5.74, 6) is 0. The van der Waals surface area contributed by atoms with E-state index in [1.54, 1.807) is 0 Å². The van der Waals surface area contributed by atoms with E-state index in [4.69, 9.17) is 5.11 Å². The zero-order valence-electron chi connectivity index (χ0n) is 9.38. The molecular formula is C10H24O2Si. The van der Waals surface area contributed by atoms with E-state index in [1.165, 1.54) is 18.1 Å². The molecule has 0 saturated heterocycles. The molecule has 0 aliphatic carbocycles. The Morgan fingerprint density at radius 2 is 1.46 bits per heavy atom. The van der Waals surface area contributed by atoms with Crippen LogP contribution < -0.4 is 0 Å². The Bertz CT molecular complexity index is 127. The Hall–Kier alpha value is 0.137. The number of rotatable bonds is 6. The molecule has 2 atom stereocenters. The van der Waals surface area contributed by atoms with E-state index < -0.39 is 14.2 Å². The van der Waals surface area contributed by atoms with Crippen LogP contribution in [0.1, 0.15) is 27.7 Å². The number of hydrogen-bond acceptors (Lipinski definition) is 2. The normalized spacial score (nSPS) is 17.1. The molecule has 0 aromatic heterocycles. The fourth-order valence-corrected chi connectivity index (χ4v) is 6.64. The standard InChI is InChI=1S/C10H24O2Si/c1-5-13(6-2,7-3)9(4)10(12)8-11/h9-12H,5-8H2,1-4H3/t9-,10-/m0/s1. The molecule has 2 N–H and O–H groups in total. The van der Waals surface area contributed by atoms with Crippen LogP contribution in [0.5, 0.6) is 0 Å². The van der Waals surface area contributed by atoms with Crippen LogP contribution in [0.25, 0.3) is 0 Å². The first-order chi connectivity index (χ1) is 6.07. The minimum atomic E-state index is -1.31. The van der Waals surface area contributed by atoms with E-state index in [2.05, 4.69) is 27.7 Å². The lowest BCUT2D eigenvalue weighted by molar-refractivity contribution is 0.0901. The van der Waals surface area contributed by atoms with Gasteiger partial charge in [-0.2, -0.15) is 0 Å². The van der Waals surface area contributed by atoms with Crippen molar-refractivity contribution in [2.75, 3.05) is 6.61 Å². The van der Waals surface area contributed by atoms with Crippen LogP contribution in [0, 0.1) is 0 Å². The molecule has 0 rings (SSSR count). The van der Waals surface area contributed by atoms with Gasteiger partial charge in [-0.25, -0.2) is 0 Å². The Morgan fingerprint density at radius 1 is 1.08 bits per heavy atom. The molecule has 0 aromatic rings. The highest BCUT2D eigenvalue weighted by atomic mass is 28.3. The van der Waals surface area contributed by atoms with Crippen LogP contribution in [0.15, 0.2) is 0 Å². The number of aliphatic hydroxyl groups is 2. The van der Waals surface area contributed by atoms with Gasteiger partial charge in [-0.15, -0.1) is 0 Å². The molecule has 80 valence electrons.